The summed E-state index contributed by atoms with van der Waals surface area (Å²) in [4.78, 5) is 4.92. The fourth-order valence-electron chi connectivity index (χ4n) is 3.21. The zero-order chi connectivity index (χ0) is 13.1. The number of halogens is 1. The first-order valence-electron chi connectivity index (χ1n) is 7.28. The molecule has 0 aromatic heterocycles. The van der Waals surface area contributed by atoms with E-state index in [0.717, 1.165) is 31.9 Å². The van der Waals surface area contributed by atoms with Crippen LogP contribution < -0.4 is 10.2 Å². The van der Waals surface area contributed by atoms with Crippen molar-refractivity contribution >= 4 is 5.69 Å². The van der Waals surface area contributed by atoms with Gasteiger partial charge < -0.3 is 10.2 Å². The highest BCUT2D eigenvalue weighted by molar-refractivity contribution is 5.46. The molecular weight excluding hydrogens is 241 g/mol. The summed E-state index contributed by atoms with van der Waals surface area (Å²) in [6.07, 6.45) is 2.38. The van der Waals surface area contributed by atoms with Gasteiger partial charge in [0, 0.05) is 51.0 Å². The van der Waals surface area contributed by atoms with E-state index in [9.17, 15) is 4.39 Å². The molecule has 0 unspecified atom stereocenters. The number of nitrogens with one attached hydrogen (secondary N) is 1. The van der Waals surface area contributed by atoms with E-state index in [4.69, 9.17) is 0 Å². The average Bonchev–Trinajstić information content (AvgIpc) is 2.48. The number of hydrogen-bond acceptors (Lipinski definition) is 3. The molecule has 0 saturated carbocycles. The third-order valence-electron chi connectivity index (χ3n) is 4.31. The van der Waals surface area contributed by atoms with Crippen LogP contribution in [-0.4, -0.2) is 50.2 Å². The molecule has 19 heavy (non-hydrogen) atoms. The number of piperidine rings is 1. The van der Waals surface area contributed by atoms with Crippen molar-refractivity contribution in [1.82, 2.24) is 10.2 Å². The second-order valence-electron chi connectivity index (χ2n) is 5.48. The van der Waals surface area contributed by atoms with Gasteiger partial charge in [-0.05, 0) is 31.0 Å². The molecule has 0 amide bonds. The van der Waals surface area contributed by atoms with Gasteiger partial charge in [0.15, 0.2) is 0 Å². The van der Waals surface area contributed by atoms with Gasteiger partial charge in [-0.1, -0.05) is 6.07 Å². The van der Waals surface area contributed by atoms with Gasteiger partial charge in [-0.25, -0.2) is 4.39 Å². The van der Waals surface area contributed by atoms with Crippen molar-refractivity contribution < 1.29 is 4.39 Å². The van der Waals surface area contributed by atoms with Crippen molar-refractivity contribution in [1.29, 1.82) is 0 Å². The molecule has 0 bridgehead atoms. The summed E-state index contributed by atoms with van der Waals surface area (Å²) in [5, 5.41) is 3.40. The van der Waals surface area contributed by atoms with Crippen molar-refractivity contribution in [2.45, 2.75) is 18.9 Å². The Morgan fingerprint density at radius 2 is 1.79 bits per heavy atom. The lowest BCUT2D eigenvalue weighted by molar-refractivity contribution is 0.150. The van der Waals surface area contributed by atoms with Crippen LogP contribution in [0.3, 0.4) is 0 Å². The largest absolute Gasteiger partial charge is 0.371 e. The SMILES string of the molecule is Fc1cccc(N2CCC(N3CCNCC3)CC2)c1. The van der Waals surface area contributed by atoms with Crippen molar-refractivity contribution in [2.75, 3.05) is 44.2 Å². The van der Waals surface area contributed by atoms with Gasteiger partial charge in [0.2, 0.25) is 0 Å². The molecule has 0 radical (unpaired) electrons. The van der Waals surface area contributed by atoms with E-state index in [0.29, 0.717) is 6.04 Å². The first kappa shape index (κ1) is 12.9. The Bertz CT molecular complexity index is 410. The van der Waals surface area contributed by atoms with Crippen LogP contribution in [0.15, 0.2) is 24.3 Å². The highest BCUT2D eigenvalue weighted by Crippen LogP contribution is 2.23. The molecule has 2 heterocycles. The van der Waals surface area contributed by atoms with Crippen LogP contribution >= 0.6 is 0 Å². The highest BCUT2D eigenvalue weighted by Gasteiger charge is 2.25. The summed E-state index contributed by atoms with van der Waals surface area (Å²) in [6.45, 7) is 6.65. The predicted octanol–water partition coefficient (Wildman–Crippen LogP) is 1.70. The first-order chi connectivity index (χ1) is 9.33. The van der Waals surface area contributed by atoms with Crippen LogP contribution in [0.25, 0.3) is 0 Å². The van der Waals surface area contributed by atoms with E-state index in [2.05, 4.69) is 15.1 Å². The minimum Gasteiger partial charge on any atom is -0.371 e. The number of hydrogen-bond donors (Lipinski definition) is 1. The Hall–Kier alpha value is -1.13. The topological polar surface area (TPSA) is 18.5 Å². The maximum absolute atomic E-state index is 13.2. The van der Waals surface area contributed by atoms with Crippen LogP contribution in [0.2, 0.25) is 0 Å². The van der Waals surface area contributed by atoms with Crippen LogP contribution in [-0.2, 0) is 0 Å². The maximum Gasteiger partial charge on any atom is 0.125 e. The summed E-state index contributed by atoms with van der Waals surface area (Å²) in [7, 11) is 0. The summed E-state index contributed by atoms with van der Waals surface area (Å²) >= 11 is 0. The molecule has 2 aliphatic rings. The van der Waals surface area contributed by atoms with Crippen molar-refractivity contribution in [3.05, 3.63) is 30.1 Å². The Balaban J connectivity index is 1.57. The van der Waals surface area contributed by atoms with Crippen molar-refractivity contribution in [3.63, 3.8) is 0 Å². The third kappa shape index (κ3) is 3.07. The summed E-state index contributed by atoms with van der Waals surface area (Å²) < 4.78 is 13.2. The second-order valence-corrected chi connectivity index (χ2v) is 5.48. The van der Waals surface area contributed by atoms with Gasteiger partial charge in [0.25, 0.3) is 0 Å². The van der Waals surface area contributed by atoms with E-state index >= 15 is 0 Å². The molecule has 2 saturated heterocycles. The molecule has 104 valence electrons. The van der Waals surface area contributed by atoms with E-state index in [1.165, 1.54) is 32.0 Å². The Labute approximate surface area is 114 Å². The zero-order valence-electron chi connectivity index (χ0n) is 11.3. The molecule has 0 aliphatic carbocycles. The zero-order valence-corrected chi connectivity index (χ0v) is 11.3. The second kappa shape index (κ2) is 5.88. The molecule has 3 nitrogen and oxygen atoms in total. The standard InChI is InChI=1S/C15H22FN3/c16-13-2-1-3-15(12-13)18-8-4-14(5-9-18)19-10-6-17-7-11-19/h1-3,12,14,17H,4-11H2. The van der Waals surface area contributed by atoms with Gasteiger partial charge in [-0.2, -0.15) is 0 Å². The van der Waals surface area contributed by atoms with Crippen LogP contribution in [0.1, 0.15) is 12.8 Å². The van der Waals surface area contributed by atoms with Crippen molar-refractivity contribution in [3.8, 4) is 0 Å². The lowest BCUT2D eigenvalue weighted by Gasteiger charge is -2.41. The van der Waals surface area contributed by atoms with Gasteiger partial charge in [0.05, 0.1) is 0 Å². The quantitative estimate of drug-likeness (QED) is 0.876. The maximum atomic E-state index is 13.2. The van der Waals surface area contributed by atoms with E-state index in [-0.39, 0.29) is 5.82 Å². The Kier molecular flexibility index (Phi) is 3.99. The predicted molar refractivity (Wildman–Crippen MR) is 76.1 cm³/mol. The van der Waals surface area contributed by atoms with Crippen LogP contribution in [0, 0.1) is 5.82 Å². The van der Waals surface area contributed by atoms with E-state index in [1.54, 1.807) is 12.1 Å². The summed E-state index contributed by atoms with van der Waals surface area (Å²) in [5.41, 5.74) is 1.03. The van der Waals surface area contributed by atoms with Crippen LogP contribution in [0.5, 0.6) is 0 Å². The van der Waals surface area contributed by atoms with Crippen molar-refractivity contribution in [2.24, 2.45) is 0 Å². The van der Waals surface area contributed by atoms with Gasteiger partial charge in [0.1, 0.15) is 5.82 Å². The number of piperazine rings is 1. The average molecular weight is 263 g/mol. The lowest BCUT2D eigenvalue weighted by Crippen LogP contribution is -2.52. The lowest BCUT2D eigenvalue weighted by atomic mass is 10.0. The third-order valence-corrected chi connectivity index (χ3v) is 4.31. The molecule has 3 rings (SSSR count). The van der Waals surface area contributed by atoms with Gasteiger partial charge >= 0.3 is 0 Å². The van der Waals surface area contributed by atoms with Gasteiger partial charge in [-0.3, -0.25) is 4.90 Å². The molecule has 1 aromatic rings. The molecule has 1 N–H and O–H groups in total. The fourth-order valence-corrected chi connectivity index (χ4v) is 3.21. The Morgan fingerprint density at radius 3 is 2.47 bits per heavy atom. The first-order valence-corrected chi connectivity index (χ1v) is 7.28. The normalized spacial score (nSPS) is 22.7. The minimum atomic E-state index is -0.137. The molecule has 1 aromatic carbocycles. The monoisotopic (exact) mass is 263 g/mol. The highest BCUT2D eigenvalue weighted by atomic mass is 19.1. The molecule has 2 fully saturated rings. The van der Waals surface area contributed by atoms with Gasteiger partial charge in [-0.15, -0.1) is 0 Å². The number of rotatable bonds is 2. The van der Waals surface area contributed by atoms with E-state index < -0.39 is 0 Å². The minimum absolute atomic E-state index is 0.137. The van der Waals surface area contributed by atoms with E-state index in [1.807, 2.05) is 6.07 Å². The summed E-state index contributed by atoms with van der Waals surface area (Å²) in [5.74, 6) is -0.137. The number of nitrogens with zero attached hydrogens (tertiary/aromatic N) is 2. The molecule has 2 aliphatic heterocycles. The Morgan fingerprint density at radius 1 is 1.05 bits per heavy atom. The number of anilines is 1. The molecule has 0 spiro atoms. The molecule has 4 heteroatoms. The smallest absolute Gasteiger partial charge is 0.125 e. The molecular formula is C15H22FN3. The summed E-state index contributed by atoms with van der Waals surface area (Å²) in [6, 6.07) is 7.68. The van der Waals surface area contributed by atoms with Crippen LogP contribution in [0.4, 0.5) is 10.1 Å². The number of benzene rings is 1. The molecule has 0 atom stereocenters. The fraction of sp³-hybridized carbons (Fsp3) is 0.600.